The molecule has 0 saturated carbocycles. The van der Waals surface area contributed by atoms with E-state index in [9.17, 15) is 24.5 Å². The minimum absolute atomic E-state index is 0.0498. The first kappa shape index (κ1) is 18.8. The van der Waals surface area contributed by atoms with Gasteiger partial charge in [-0.05, 0) is 48.5 Å². The predicted molar refractivity (Wildman–Crippen MR) is 104 cm³/mol. The number of imide groups is 1. The lowest BCUT2D eigenvalue weighted by atomic mass is 10.1. The number of benzene rings is 3. The number of fused-ring (bicyclic) bond motifs is 1. The third kappa shape index (κ3) is 3.24. The number of ether oxygens (including phenoxy) is 1. The van der Waals surface area contributed by atoms with Gasteiger partial charge in [-0.1, -0.05) is 6.07 Å². The van der Waals surface area contributed by atoms with Crippen molar-refractivity contribution in [1.82, 2.24) is 0 Å². The minimum Gasteiger partial charge on any atom is -0.478 e. The van der Waals surface area contributed by atoms with Gasteiger partial charge in [-0.2, -0.15) is 0 Å². The van der Waals surface area contributed by atoms with Crippen molar-refractivity contribution < 1.29 is 29.2 Å². The van der Waals surface area contributed by atoms with Gasteiger partial charge in [-0.25, -0.2) is 9.69 Å². The standard InChI is InChI=1S/C21H12N2O7/c24-19-17-9-8-16(30-15-6-4-13(5-7-15)23(28)29)11-18(17)20(25)22(19)14-3-1-2-12(10-14)21(26)27/h1-11H,(H,26,27). The molecule has 0 atom stereocenters. The highest BCUT2D eigenvalue weighted by Crippen LogP contribution is 2.33. The fourth-order valence-corrected chi connectivity index (χ4v) is 3.07. The summed E-state index contributed by atoms with van der Waals surface area (Å²) < 4.78 is 5.63. The number of hydrogen-bond donors (Lipinski definition) is 1. The molecule has 0 aliphatic carbocycles. The lowest BCUT2D eigenvalue weighted by Gasteiger charge is -2.14. The second-order valence-electron chi connectivity index (χ2n) is 6.36. The zero-order valence-electron chi connectivity index (χ0n) is 15.1. The highest BCUT2D eigenvalue weighted by Gasteiger charge is 2.37. The third-order valence-electron chi connectivity index (χ3n) is 4.49. The molecule has 9 nitrogen and oxygen atoms in total. The summed E-state index contributed by atoms with van der Waals surface area (Å²) in [5.41, 5.74) is 0.290. The topological polar surface area (TPSA) is 127 Å². The Morgan fingerprint density at radius 2 is 1.57 bits per heavy atom. The Morgan fingerprint density at radius 1 is 0.900 bits per heavy atom. The van der Waals surface area contributed by atoms with Crippen LogP contribution in [0.15, 0.2) is 66.7 Å². The van der Waals surface area contributed by atoms with Gasteiger partial charge in [0.1, 0.15) is 11.5 Å². The molecule has 0 fully saturated rings. The first-order valence-corrected chi connectivity index (χ1v) is 8.63. The first-order valence-electron chi connectivity index (χ1n) is 8.63. The van der Waals surface area contributed by atoms with Gasteiger partial charge in [0.25, 0.3) is 17.5 Å². The molecular weight excluding hydrogens is 392 g/mol. The molecule has 9 heteroatoms. The van der Waals surface area contributed by atoms with E-state index in [0.29, 0.717) is 5.75 Å². The van der Waals surface area contributed by atoms with Crippen molar-refractivity contribution in [2.75, 3.05) is 4.90 Å². The number of nitro groups is 1. The van der Waals surface area contributed by atoms with Crippen molar-refractivity contribution >= 4 is 29.2 Å². The number of nitrogens with zero attached hydrogens (tertiary/aromatic N) is 2. The van der Waals surface area contributed by atoms with Crippen LogP contribution in [0.1, 0.15) is 31.1 Å². The molecule has 0 aromatic heterocycles. The Hall–Kier alpha value is -4.53. The second kappa shape index (κ2) is 7.13. The van der Waals surface area contributed by atoms with Crippen molar-refractivity contribution in [2.45, 2.75) is 0 Å². The maximum absolute atomic E-state index is 12.8. The van der Waals surface area contributed by atoms with Crippen molar-refractivity contribution in [2.24, 2.45) is 0 Å². The van der Waals surface area contributed by atoms with Gasteiger partial charge in [0, 0.05) is 12.1 Å². The first-order chi connectivity index (χ1) is 14.3. The van der Waals surface area contributed by atoms with Crippen LogP contribution in [0.25, 0.3) is 0 Å². The van der Waals surface area contributed by atoms with Crippen molar-refractivity contribution in [3.05, 3.63) is 93.5 Å². The smallest absolute Gasteiger partial charge is 0.335 e. The number of hydrogen-bond acceptors (Lipinski definition) is 6. The summed E-state index contributed by atoms with van der Waals surface area (Å²) in [6.07, 6.45) is 0. The molecule has 0 spiro atoms. The van der Waals surface area contributed by atoms with E-state index in [-0.39, 0.29) is 33.8 Å². The number of carboxylic acids is 1. The molecule has 0 radical (unpaired) electrons. The Morgan fingerprint density at radius 3 is 2.23 bits per heavy atom. The zero-order chi connectivity index (χ0) is 21.4. The fraction of sp³-hybridized carbons (Fsp3) is 0. The number of non-ortho nitro benzene ring substituents is 1. The monoisotopic (exact) mass is 404 g/mol. The van der Waals surface area contributed by atoms with Gasteiger partial charge in [-0.15, -0.1) is 0 Å². The van der Waals surface area contributed by atoms with E-state index < -0.39 is 22.7 Å². The molecule has 3 aromatic carbocycles. The summed E-state index contributed by atoms with van der Waals surface area (Å²) in [6.45, 7) is 0. The largest absolute Gasteiger partial charge is 0.478 e. The van der Waals surface area contributed by atoms with Crippen LogP contribution in [0.3, 0.4) is 0 Å². The molecule has 148 valence electrons. The maximum atomic E-state index is 12.8. The summed E-state index contributed by atoms with van der Waals surface area (Å²) in [6, 6.07) is 15.3. The molecule has 1 N–H and O–H groups in total. The van der Waals surface area contributed by atoms with Crippen LogP contribution in [0, 0.1) is 10.1 Å². The third-order valence-corrected chi connectivity index (χ3v) is 4.49. The lowest BCUT2D eigenvalue weighted by molar-refractivity contribution is -0.384. The number of carbonyl (C=O) groups is 3. The van der Waals surface area contributed by atoms with E-state index in [1.807, 2.05) is 0 Å². The van der Waals surface area contributed by atoms with E-state index in [1.165, 1.54) is 66.7 Å². The van der Waals surface area contributed by atoms with Crippen LogP contribution in [0.4, 0.5) is 11.4 Å². The lowest BCUT2D eigenvalue weighted by Crippen LogP contribution is -2.29. The Bertz CT molecular complexity index is 1220. The van der Waals surface area contributed by atoms with Crippen LogP contribution >= 0.6 is 0 Å². The summed E-state index contributed by atoms with van der Waals surface area (Å²) in [7, 11) is 0. The van der Waals surface area contributed by atoms with E-state index in [2.05, 4.69) is 0 Å². The molecule has 0 unspecified atom stereocenters. The van der Waals surface area contributed by atoms with E-state index in [4.69, 9.17) is 9.84 Å². The van der Waals surface area contributed by atoms with Crippen LogP contribution < -0.4 is 9.64 Å². The average molecular weight is 404 g/mol. The predicted octanol–water partition coefficient (Wildman–Crippen LogP) is 3.89. The van der Waals surface area contributed by atoms with Crippen LogP contribution in [-0.4, -0.2) is 27.8 Å². The molecule has 1 heterocycles. The fourth-order valence-electron chi connectivity index (χ4n) is 3.07. The molecule has 1 aliphatic rings. The summed E-state index contributed by atoms with van der Waals surface area (Å²) >= 11 is 0. The average Bonchev–Trinajstić information content (AvgIpc) is 2.98. The van der Waals surface area contributed by atoms with E-state index in [1.54, 1.807) is 0 Å². The molecule has 2 amide bonds. The van der Waals surface area contributed by atoms with Gasteiger partial charge in [0.2, 0.25) is 0 Å². The maximum Gasteiger partial charge on any atom is 0.335 e. The highest BCUT2D eigenvalue weighted by atomic mass is 16.6. The van der Waals surface area contributed by atoms with Crippen LogP contribution in [-0.2, 0) is 0 Å². The van der Waals surface area contributed by atoms with Crippen molar-refractivity contribution in [3.8, 4) is 11.5 Å². The van der Waals surface area contributed by atoms with Crippen molar-refractivity contribution in [1.29, 1.82) is 0 Å². The summed E-state index contributed by atoms with van der Waals surface area (Å²) in [4.78, 5) is 47.8. The summed E-state index contributed by atoms with van der Waals surface area (Å²) in [5, 5.41) is 19.9. The molecule has 1 aliphatic heterocycles. The van der Waals surface area contributed by atoms with Gasteiger partial charge in [0.05, 0.1) is 27.3 Å². The number of anilines is 1. The Kier molecular flexibility index (Phi) is 4.47. The van der Waals surface area contributed by atoms with Gasteiger partial charge >= 0.3 is 5.97 Å². The number of carboxylic acid groups (broad SMARTS) is 1. The Labute approximate surface area is 168 Å². The number of aromatic carboxylic acids is 1. The number of nitro benzene ring substituents is 1. The van der Waals surface area contributed by atoms with E-state index >= 15 is 0 Å². The van der Waals surface area contributed by atoms with Crippen LogP contribution in [0.2, 0.25) is 0 Å². The number of amides is 2. The Balaban J connectivity index is 1.63. The quantitative estimate of drug-likeness (QED) is 0.388. The van der Waals surface area contributed by atoms with Crippen molar-refractivity contribution in [3.63, 3.8) is 0 Å². The molecular formula is C21H12N2O7. The molecule has 4 rings (SSSR count). The van der Waals surface area contributed by atoms with Gasteiger partial charge in [0.15, 0.2) is 0 Å². The van der Waals surface area contributed by atoms with E-state index in [0.717, 1.165) is 4.90 Å². The SMILES string of the molecule is O=C(O)c1cccc(N2C(=O)c3ccc(Oc4ccc([N+](=O)[O-])cc4)cc3C2=O)c1. The molecule has 0 saturated heterocycles. The normalized spacial score (nSPS) is 12.6. The zero-order valence-corrected chi connectivity index (χ0v) is 15.1. The molecule has 0 bridgehead atoms. The molecule has 3 aromatic rings. The highest BCUT2D eigenvalue weighted by molar-refractivity contribution is 6.34. The number of rotatable bonds is 5. The second-order valence-corrected chi connectivity index (χ2v) is 6.36. The van der Waals surface area contributed by atoms with Gasteiger partial charge < -0.3 is 9.84 Å². The van der Waals surface area contributed by atoms with Crippen LogP contribution in [0.5, 0.6) is 11.5 Å². The number of carbonyl (C=O) groups excluding carboxylic acids is 2. The molecule has 30 heavy (non-hydrogen) atoms. The minimum atomic E-state index is -1.17. The summed E-state index contributed by atoms with van der Waals surface area (Å²) in [5.74, 6) is -1.76. The van der Waals surface area contributed by atoms with Gasteiger partial charge in [-0.3, -0.25) is 19.7 Å².